The van der Waals surface area contributed by atoms with Crippen LogP contribution in [-0.4, -0.2) is 31.0 Å². The van der Waals surface area contributed by atoms with Crippen molar-refractivity contribution in [3.05, 3.63) is 68.4 Å². The van der Waals surface area contributed by atoms with E-state index in [1.165, 1.54) is 18.4 Å². The summed E-state index contributed by atoms with van der Waals surface area (Å²) in [7, 11) is 1.37. The number of hydrogen-bond donors (Lipinski definition) is 2. The molecule has 1 amide bonds. The summed E-state index contributed by atoms with van der Waals surface area (Å²) in [6.07, 6.45) is 6.98. The Bertz CT molecular complexity index is 1380. The normalized spacial score (nSPS) is 20.4. The number of fused-ring (bicyclic) bond motifs is 1. The van der Waals surface area contributed by atoms with Crippen LogP contribution in [0.25, 0.3) is 0 Å². The number of hydrogen-bond acceptors (Lipinski definition) is 7. The summed E-state index contributed by atoms with van der Waals surface area (Å²) >= 11 is 3.12. The number of carbonyl (C=O) groups excluding carboxylic acids is 3. The monoisotopic (exact) mass is 550 g/mol. The van der Waals surface area contributed by atoms with Gasteiger partial charge in [-0.3, -0.25) is 9.59 Å². The second-order valence-electron chi connectivity index (χ2n) is 11.1. The second-order valence-corrected chi connectivity index (χ2v) is 13.0. The fraction of sp³-hybridized carbons (Fsp3) is 0.433. The number of anilines is 1. The van der Waals surface area contributed by atoms with Crippen LogP contribution in [0.15, 0.2) is 51.7 Å². The van der Waals surface area contributed by atoms with Gasteiger partial charge in [-0.15, -0.1) is 23.1 Å². The largest absolute Gasteiger partial charge is 0.465 e. The van der Waals surface area contributed by atoms with Crippen LogP contribution in [0.4, 0.5) is 5.00 Å². The summed E-state index contributed by atoms with van der Waals surface area (Å²) < 4.78 is 5.10. The van der Waals surface area contributed by atoms with E-state index in [1.54, 1.807) is 11.8 Å². The molecule has 8 heteroatoms. The van der Waals surface area contributed by atoms with Gasteiger partial charge in [-0.25, -0.2) is 4.79 Å². The summed E-state index contributed by atoms with van der Waals surface area (Å²) in [6.45, 7) is 6.11. The van der Waals surface area contributed by atoms with E-state index in [9.17, 15) is 14.4 Å². The molecule has 0 bridgehead atoms. The Morgan fingerprint density at radius 1 is 1.13 bits per heavy atom. The van der Waals surface area contributed by atoms with Crippen molar-refractivity contribution in [2.45, 2.75) is 70.1 Å². The highest BCUT2D eigenvalue weighted by atomic mass is 32.2. The topological polar surface area (TPSA) is 84.5 Å². The van der Waals surface area contributed by atoms with Crippen molar-refractivity contribution < 1.29 is 19.1 Å². The predicted octanol–water partition coefficient (Wildman–Crippen LogP) is 6.38. The lowest BCUT2D eigenvalue weighted by Crippen LogP contribution is -2.39. The lowest BCUT2D eigenvalue weighted by Gasteiger charge is -2.39. The molecule has 0 fully saturated rings. The molecule has 0 spiro atoms. The Balaban J connectivity index is 1.58. The SMILES string of the molecule is COC(=O)c1c(NC(=O)C2=C(C)NC3=C(C(=O)CC(C)(C)C3)[C@H]2c2ccc(SC)cc2)sc2c1CCCC2. The van der Waals surface area contributed by atoms with Gasteiger partial charge in [-0.1, -0.05) is 26.0 Å². The van der Waals surface area contributed by atoms with Crippen molar-refractivity contribution in [3.8, 4) is 0 Å². The van der Waals surface area contributed by atoms with Gasteiger partial charge in [-0.2, -0.15) is 0 Å². The van der Waals surface area contributed by atoms with Gasteiger partial charge in [0.25, 0.3) is 5.91 Å². The smallest absolute Gasteiger partial charge is 0.341 e. The summed E-state index contributed by atoms with van der Waals surface area (Å²) in [5.74, 6) is -1.14. The number of nitrogens with one attached hydrogen (secondary N) is 2. The van der Waals surface area contributed by atoms with E-state index in [0.29, 0.717) is 28.1 Å². The van der Waals surface area contributed by atoms with Crippen LogP contribution in [0.1, 0.15) is 78.7 Å². The minimum absolute atomic E-state index is 0.0716. The van der Waals surface area contributed by atoms with E-state index in [4.69, 9.17) is 4.74 Å². The van der Waals surface area contributed by atoms with E-state index in [0.717, 1.165) is 64.4 Å². The van der Waals surface area contributed by atoms with Crippen LogP contribution >= 0.6 is 23.1 Å². The minimum atomic E-state index is -0.484. The predicted molar refractivity (Wildman–Crippen MR) is 153 cm³/mol. The number of ether oxygens (including phenoxy) is 1. The van der Waals surface area contributed by atoms with E-state index in [2.05, 4.69) is 24.5 Å². The van der Waals surface area contributed by atoms with Gasteiger partial charge in [0.2, 0.25) is 0 Å². The minimum Gasteiger partial charge on any atom is -0.465 e. The molecule has 0 saturated carbocycles. The molecule has 2 aliphatic carbocycles. The number of amides is 1. The third kappa shape index (κ3) is 4.84. The maximum absolute atomic E-state index is 14.1. The van der Waals surface area contributed by atoms with Gasteiger partial charge in [0.05, 0.1) is 12.7 Å². The molecule has 5 rings (SSSR count). The molecule has 2 heterocycles. The van der Waals surface area contributed by atoms with Crippen LogP contribution in [0, 0.1) is 5.41 Å². The number of benzene rings is 1. The number of Topliss-reactive ketones (excluding diaryl/α,β-unsaturated/α-hetero) is 1. The van der Waals surface area contributed by atoms with E-state index >= 15 is 0 Å². The molecule has 200 valence electrons. The van der Waals surface area contributed by atoms with Gasteiger partial charge in [0, 0.05) is 44.7 Å². The van der Waals surface area contributed by atoms with Gasteiger partial charge in [0.1, 0.15) is 5.00 Å². The molecule has 0 radical (unpaired) electrons. The number of rotatable bonds is 5. The zero-order valence-corrected chi connectivity index (χ0v) is 24.2. The quantitative estimate of drug-likeness (QED) is 0.332. The van der Waals surface area contributed by atoms with E-state index < -0.39 is 11.9 Å². The van der Waals surface area contributed by atoms with Gasteiger partial charge >= 0.3 is 5.97 Å². The zero-order valence-electron chi connectivity index (χ0n) is 22.6. The third-order valence-corrected chi connectivity index (χ3v) is 9.67. The van der Waals surface area contributed by atoms with Crippen molar-refractivity contribution in [3.63, 3.8) is 0 Å². The first kappa shape index (κ1) is 26.8. The number of methoxy groups -OCH3 is 1. The molecule has 1 aliphatic heterocycles. The number of carbonyl (C=O) groups is 3. The Labute approximate surface area is 232 Å². The molecule has 0 unspecified atom stereocenters. The average molecular weight is 551 g/mol. The van der Waals surface area contributed by atoms with Crippen molar-refractivity contribution in [2.24, 2.45) is 5.41 Å². The Hall–Kier alpha value is -2.84. The van der Waals surface area contributed by atoms with Crippen molar-refractivity contribution in [2.75, 3.05) is 18.7 Å². The number of allylic oxidation sites excluding steroid dienone is 3. The maximum Gasteiger partial charge on any atom is 0.341 e. The summed E-state index contributed by atoms with van der Waals surface area (Å²) in [4.78, 5) is 42.7. The number of dihydropyridines is 1. The molecular weight excluding hydrogens is 516 g/mol. The van der Waals surface area contributed by atoms with Crippen molar-refractivity contribution in [1.82, 2.24) is 5.32 Å². The van der Waals surface area contributed by atoms with Gasteiger partial charge < -0.3 is 15.4 Å². The first-order valence-electron chi connectivity index (χ1n) is 13.1. The van der Waals surface area contributed by atoms with E-state index in [1.807, 2.05) is 37.4 Å². The lowest BCUT2D eigenvalue weighted by atomic mass is 9.68. The van der Waals surface area contributed by atoms with Crippen LogP contribution < -0.4 is 10.6 Å². The highest BCUT2D eigenvalue weighted by molar-refractivity contribution is 7.98. The average Bonchev–Trinajstić information content (AvgIpc) is 3.24. The van der Waals surface area contributed by atoms with Crippen LogP contribution in [-0.2, 0) is 27.2 Å². The molecule has 2 N–H and O–H groups in total. The standard InChI is InChI=1S/C30H34N2O4S2/c1-16-23(27(34)32-28-25(29(35)36-4)19-8-6-7-9-22(19)38-28)24(17-10-12-18(37-5)13-11-17)26-20(31-16)14-30(2,3)15-21(26)33/h10-13,24,31H,6-9,14-15H2,1-5H3,(H,32,34)/t24-/m0/s1. The van der Waals surface area contributed by atoms with Gasteiger partial charge in [0.15, 0.2) is 5.78 Å². The molecule has 1 atom stereocenters. The molecule has 38 heavy (non-hydrogen) atoms. The molecule has 1 aromatic carbocycles. The fourth-order valence-corrected chi connectivity index (χ4v) is 7.69. The molecule has 2 aromatic rings. The Kier molecular flexibility index (Phi) is 7.31. The molecule has 6 nitrogen and oxygen atoms in total. The molecule has 3 aliphatic rings. The second kappa shape index (κ2) is 10.4. The summed E-state index contributed by atoms with van der Waals surface area (Å²) in [5, 5.41) is 7.03. The molecular formula is C30H34N2O4S2. The van der Waals surface area contributed by atoms with Crippen molar-refractivity contribution in [1.29, 1.82) is 0 Å². The molecule has 0 saturated heterocycles. The zero-order chi connectivity index (χ0) is 27.2. The summed E-state index contributed by atoms with van der Waals surface area (Å²) in [5.41, 5.74) is 5.04. The third-order valence-electron chi connectivity index (χ3n) is 7.72. The lowest BCUT2D eigenvalue weighted by molar-refractivity contribution is -0.118. The number of thioether (sulfide) groups is 1. The van der Waals surface area contributed by atoms with Crippen LogP contribution in [0.5, 0.6) is 0 Å². The van der Waals surface area contributed by atoms with Gasteiger partial charge in [-0.05, 0) is 74.0 Å². The van der Waals surface area contributed by atoms with Crippen LogP contribution in [0.2, 0.25) is 0 Å². The Morgan fingerprint density at radius 2 is 1.84 bits per heavy atom. The number of aryl methyl sites for hydroxylation is 1. The fourth-order valence-electron chi connectivity index (χ4n) is 6.01. The molecule has 1 aromatic heterocycles. The first-order chi connectivity index (χ1) is 18.1. The summed E-state index contributed by atoms with van der Waals surface area (Å²) in [6, 6.07) is 8.10. The highest BCUT2D eigenvalue weighted by Gasteiger charge is 2.43. The number of esters is 1. The number of thiophene rings is 1. The highest BCUT2D eigenvalue weighted by Crippen LogP contribution is 2.47. The first-order valence-corrected chi connectivity index (χ1v) is 15.1. The maximum atomic E-state index is 14.1. The number of ketones is 1. The van der Waals surface area contributed by atoms with Crippen LogP contribution in [0.3, 0.4) is 0 Å². The van der Waals surface area contributed by atoms with Crippen molar-refractivity contribution >= 4 is 45.8 Å². The van der Waals surface area contributed by atoms with E-state index in [-0.39, 0.29) is 17.1 Å². The Morgan fingerprint density at radius 3 is 2.53 bits per heavy atom.